The Morgan fingerprint density at radius 2 is 1.81 bits per heavy atom. The summed E-state index contributed by atoms with van der Waals surface area (Å²) in [6.45, 7) is 0. The van der Waals surface area contributed by atoms with E-state index in [1.54, 1.807) is 6.07 Å². The van der Waals surface area contributed by atoms with E-state index in [1.807, 2.05) is 0 Å². The molecule has 142 valence electrons. The van der Waals surface area contributed by atoms with Crippen molar-refractivity contribution < 1.29 is 19.2 Å². The van der Waals surface area contributed by atoms with E-state index in [1.165, 1.54) is 37.7 Å². The monoisotopic (exact) mass is 372 g/mol. The Bertz CT molecular complexity index is 821. The fourth-order valence-electron chi connectivity index (χ4n) is 3.10. The number of nitro benzene ring substituents is 1. The van der Waals surface area contributed by atoms with Crippen molar-refractivity contribution in [3.8, 4) is 11.8 Å². The third-order valence-corrected chi connectivity index (χ3v) is 4.46. The lowest BCUT2D eigenvalue weighted by Crippen LogP contribution is -2.40. The number of amides is 1. The lowest BCUT2D eigenvalue weighted by atomic mass is 9.92. The van der Waals surface area contributed by atoms with Gasteiger partial charge in [-0.3, -0.25) is 14.9 Å². The van der Waals surface area contributed by atoms with Crippen LogP contribution in [0.1, 0.15) is 36.0 Å². The number of carbonyl (C=O) groups is 1. The van der Waals surface area contributed by atoms with Gasteiger partial charge in [-0.1, -0.05) is 12.1 Å². The molecule has 0 bridgehead atoms. The van der Waals surface area contributed by atoms with Gasteiger partial charge < -0.3 is 14.8 Å². The van der Waals surface area contributed by atoms with E-state index in [4.69, 9.17) is 9.47 Å². The number of methoxy groups -OCH3 is 1. The van der Waals surface area contributed by atoms with Crippen LogP contribution in [0.15, 0.2) is 36.7 Å². The molecule has 1 heterocycles. The molecule has 0 atom stereocenters. The number of hydrogen-bond donors (Lipinski definition) is 1. The minimum atomic E-state index is -0.548. The molecule has 1 N–H and O–H groups in total. The standard InChI is InChI=1S/C18H20N4O5/c1-26-17-18(20-11-10-19-17)27-13-8-6-12(7-9-13)21-16(23)14-4-2-3-5-15(14)22(24)25/h2-5,10-13H,6-9H2,1H3,(H,21,23). The number of nitrogens with zero attached hydrogens (tertiary/aromatic N) is 3. The maximum absolute atomic E-state index is 12.4. The molecule has 0 aliphatic heterocycles. The third kappa shape index (κ3) is 4.49. The molecule has 27 heavy (non-hydrogen) atoms. The zero-order valence-electron chi connectivity index (χ0n) is 14.8. The van der Waals surface area contributed by atoms with Crippen molar-refractivity contribution in [1.82, 2.24) is 15.3 Å². The molecule has 1 aromatic carbocycles. The van der Waals surface area contributed by atoms with Crippen LogP contribution in [0.25, 0.3) is 0 Å². The van der Waals surface area contributed by atoms with Gasteiger partial charge in [-0.2, -0.15) is 0 Å². The Kier molecular flexibility index (Phi) is 5.80. The average Bonchev–Trinajstić information content (AvgIpc) is 2.69. The van der Waals surface area contributed by atoms with Crippen molar-refractivity contribution >= 4 is 11.6 Å². The SMILES string of the molecule is COc1nccnc1OC1CCC(NC(=O)c2ccccc2[N+](=O)[O-])CC1. The van der Waals surface area contributed by atoms with Gasteiger partial charge in [0.2, 0.25) is 0 Å². The zero-order valence-corrected chi connectivity index (χ0v) is 14.8. The second-order valence-electron chi connectivity index (χ2n) is 6.21. The molecule has 1 fully saturated rings. The van der Waals surface area contributed by atoms with Crippen molar-refractivity contribution in [2.24, 2.45) is 0 Å². The first-order valence-corrected chi connectivity index (χ1v) is 8.64. The van der Waals surface area contributed by atoms with Crippen molar-refractivity contribution in [3.05, 3.63) is 52.3 Å². The number of benzene rings is 1. The van der Waals surface area contributed by atoms with Crippen LogP contribution in [0, 0.1) is 10.1 Å². The van der Waals surface area contributed by atoms with E-state index in [0.717, 1.165) is 12.8 Å². The smallest absolute Gasteiger partial charge is 0.282 e. The highest BCUT2D eigenvalue weighted by Crippen LogP contribution is 2.27. The molecular weight excluding hydrogens is 352 g/mol. The van der Waals surface area contributed by atoms with Gasteiger partial charge in [0.1, 0.15) is 11.7 Å². The second kappa shape index (κ2) is 8.43. The summed E-state index contributed by atoms with van der Waals surface area (Å²) in [7, 11) is 1.51. The molecule has 3 rings (SSSR count). The first-order valence-electron chi connectivity index (χ1n) is 8.64. The molecule has 9 nitrogen and oxygen atoms in total. The summed E-state index contributed by atoms with van der Waals surface area (Å²) in [5, 5.41) is 14.0. The third-order valence-electron chi connectivity index (χ3n) is 4.46. The van der Waals surface area contributed by atoms with Crippen LogP contribution in [-0.2, 0) is 0 Å². The summed E-state index contributed by atoms with van der Waals surface area (Å²) in [5.74, 6) is 0.263. The maximum atomic E-state index is 12.4. The number of nitro groups is 1. The Hall–Kier alpha value is -3.23. The summed E-state index contributed by atoms with van der Waals surface area (Å²) < 4.78 is 11.0. The summed E-state index contributed by atoms with van der Waals surface area (Å²) in [4.78, 5) is 31.1. The molecule has 0 radical (unpaired) electrons. The van der Waals surface area contributed by atoms with Gasteiger partial charge in [0.25, 0.3) is 23.4 Å². The van der Waals surface area contributed by atoms with Crippen LogP contribution in [0.4, 0.5) is 5.69 Å². The summed E-state index contributed by atoms with van der Waals surface area (Å²) in [6, 6.07) is 5.89. The van der Waals surface area contributed by atoms with E-state index < -0.39 is 10.8 Å². The van der Waals surface area contributed by atoms with Crippen molar-refractivity contribution in [2.45, 2.75) is 37.8 Å². The van der Waals surface area contributed by atoms with Gasteiger partial charge in [0.15, 0.2) is 0 Å². The summed E-state index contributed by atoms with van der Waals surface area (Å²) >= 11 is 0. The molecule has 1 amide bonds. The van der Waals surface area contributed by atoms with E-state index in [-0.39, 0.29) is 23.4 Å². The number of nitrogens with one attached hydrogen (secondary N) is 1. The minimum absolute atomic E-state index is 0.0465. The molecule has 1 aliphatic rings. The average molecular weight is 372 g/mol. The summed E-state index contributed by atoms with van der Waals surface area (Å²) in [6.07, 6.45) is 5.88. The topological polar surface area (TPSA) is 116 Å². The van der Waals surface area contributed by atoms with Crippen molar-refractivity contribution in [1.29, 1.82) is 0 Å². The molecule has 1 aromatic heterocycles. The van der Waals surface area contributed by atoms with E-state index in [9.17, 15) is 14.9 Å². The normalized spacial score (nSPS) is 19.1. The molecule has 1 saturated carbocycles. The first kappa shape index (κ1) is 18.6. The number of ether oxygens (including phenoxy) is 2. The van der Waals surface area contributed by atoms with Gasteiger partial charge in [-0.05, 0) is 31.7 Å². The van der Waals surface area contributed by atoms with Crippen molar-refractivity contribution in [2.75, 3.05) is 7.11 Å². The molecule has 0 unspecified atom stereocenters. The number of para-hydroxylation sites is 1. The van der Waals surface area contributed by atoms with E-state index >= 15 is 0 Å². The highest BCUT2D eigenvalue weighted by Gasteiger charge is 2.27. The minimum Gasteiger partial charge on any atom is -0.477 e. The summed E-state index contributed by atoms with van der Waals surface area (Å²) in [5.41, 5.74) is -0.119. The van der Waals surface area contributed by atoms with Gasteiger partial charge in [0.05, 0.1) is 12.0 Å². The number of aromatic nitrogens is 2. The van der Waals surface area contributed by atoms with Gasteiger partial charge in [-0.15, -0.1) is 0 Å². The lowest BCUT2D eigenvalue weighted by Gasteiger charge is -2.29. The fourth-order valence-corrected chi connectivity index (χ4v) is 3.10. The molecule has 9 heteroatoms. The molecule has 2 aromatic rings. The fraction of sp³-hybridized carbons (Fsp3) is 0.389. The van der Waals surface area contributed by atoms with E-state index in [0.29, 0.717) is 24.6 Å². The Balaban J connectivity index is 1.55. The van der Waals surface area contributed by atoms with Crippen LogP contribution in [-0.4, -0.2) is 40.1 Å². The Labute approximate surface area is 155 Å². The second-order valence-corrected chi connectivity index (χ2v) is 6.21. The molecule has 0 spiro atoms. The van der Waals surface area contributed by atoms with Crippen LogP contribution in [0.3, 0.4) is 0 Å². The van der Waals surface area contributed by atoms with E-state index in [2.05, 4.69) is 15.3 Å². The van der Waals surface area contributed by atoms with Crippen molar-refractivity contribution in [3.63, 3.8) is 0 Å². The van der Waals surface area contributed by atoms with Gasteiger partial charge >= 0.3 is 0 Å². The Morgan fingerprint density at radius 3 is 2.48 bits per heavy atom. The van der Waals surface area contributed by atoms with Gasteiger partial charge in [0, 0.05) is 24.5 Å². The maximum Gasteiger partial charge on any atom is 0.282 e. The Morgan fingerprint density at radius 1 is 1.15 bits per heavy atom. The lowest BCUT2D eigenvalue weighted by molar-refractivity contribution is -0.385. The quantitative estimate of drug-likeness (QED) is 0.611. The predicted octanol–water partition coefficient (Wildman–Crippen LogP) is 2.51. The van der Waals surface area contributed by atoms with Crippen LogP contribution in [0.5, 0.6) is 11.8 Å². The number of hydrogen-bond acceptors (Lipinski definition) is 7. The van der Waals surface area contributed by atoms with Crippen LogP contribution >= 0.6 is 0 Å². The van der Waals surface area contributed by atoms with Crippen LogP contribution < -0.4 is 14.8 Å². The molecule has 1 aliphatic carbocycles. The highest BCUT2D eigenvalue weighted by molar-refractivity contribution is 5.98. The first-order chi connectivity index (χ1) is 13.1. The van der Waals surface area contributed by atoms with Crippen LogP contribution in [0.2, 0.25) is 0 Å². The molecular formula is C18H20N4O5. The van der Waals surface area contributed by atoms with Gasteiger partial charge in [-0.25, -0.2) is 9.97 Å². The molecule has 0 saturated heterocycles. The number of rotatable bonds is 6. The number of carbonyl (C=O) groups excluding carboxylic acids is 1. The predicted molar refractivity (Wildman–Crippen MR) is 95.8 cm³/mol. The highest BCUT2D eigenvalue weighted by atomic mass is 16.6. The largest absolute Gasteiger partial charge is 0.477 e. The zero-order chi connectivity index (χ0) is 19.2.